The van der Waals surface area contributed by atoms with Gasteiger partial charge >= 0.3 is 5.97 Å². The van der Waals surface area contributed by atoms with Crippen molar-refractivity contribution in [3.8, 4) is 0 Å². The zero-order chi connectivity index (χ0) is 10.9. The summed E-state index contributed by atoms with van der Waals surface area (Å²) in [7, 11) is 0. The van der Waals surface area contributed by atoms with Crippen LogP contribution in [0, 0.1) is 0 Å². The molecule has 1 aliphatic rings. The summed E-state index contributed by atoms with van der Waals surface area (Å²) in [4.78, 5) is 15.7. The smallest absolute Gasteiger partial charge is 0.316 e. The molecule has 0 unspecified atom stereocenters. The molecule has 1 aromatic heterocycles. The average molecular weight is 226 g/mol. The highest BCUT2D eigenvalue weighted by molar-refractivity contribution is 6.29. The van der Waals surface area contributed by atoms with Crippen molar-refractivity contribution in [3.63, 3.8) is 0 Å². The molecule has 3 nitrogen and oxygen atoms in total. The van der Waals surface area contributed by atoms with Crippen LogP contribution in [0.2, 0.25) is 5.15 Å². The number of hydrogen-bond donors (Lipinski definition) is 0. The number of ether oxygens (including phenoxy) is 1. The largest absolute Gasteiger partial charge is 0.465 e. The molecule has 15 heavy (non-hydrogen) atoms. The van der Waals surface area contributed by atoms with Crippen LogP contribution in [0.4, 0.5) is 0 Å². The van der Waals surface area contributed by atoms with Gasteiger partial charge in [-0.3, -0.25) is 4.79 Å². The lowest BCUT2D eigenvalue weighted by atomic mass is 9.98. The molecule has 1 fully saturated rings. The second-order valence-corrected chi connectivity index (χ2v) is 4.06. The Bertz CT molecular complexity index is 371. The predicted octanol–water partition coefficient (Wildman–Crippen LogP) is 2.33. The molecule has 0 aromatic carbocycles. The van der Waals surface area contributed by atoms with E-state index in [1.165, 1.54) is 0 Å². The summed E-state index contributed by atoms with van der Waals surface area (Å²) in [5.41, 5.74) is 0.471. The predicted molar refractivity (Wildman–Crippen MR) is 56.8 cm³/mol. The van der Waals surface area contributed by atoms with E-state index < -0.39 is 5.41 Å². The van der Waals surface area contributed by atoms with Gasteiger partial charge in [0.25, 0.3) is 0 Å². The molecule has 2 rings (SSSR count). The lowest BCUT2D eigenvalue weighted by molar-refractivity contribution is -0.146. The van der Waals surface area contributed by atoms with Crippen molar-refractivity contribution < 1.29 is 9.53 Å². The first-order chi connectivity index (χ1) is 7.19. The summed E-state index contributed by atoms with van der Waals surface area (Å²) in [5, 5.41) is 0.443. The molecule has 0 bridgehead atoms. The van der Waals surface area contributed by atoms with Gasteiger partial charge in [0, 0.05) is 6.20 Å². The second-order valence-electron chi connectivity index (χ2n) is 3.67. The molecule has 0 amide bonds. The number of nitrogens with zero attached hydrogens (tertiary/aromatic N) is 1. The van der Waals surface area contributed by atoms with Gasteiger partial charge in [0.15, 0.2) is 0 Å². The van der Waals surface area contributed by atoms with Gasteiger partial charge in [-0.25, -0.2) is 4.98 Å². The van der Waals surface area contributed by atoms with Crippen LogP contribution < -0.4 is 0 Å². The number of aromatic nitrogens is 1. The lowest BCUT2D eigenvalue weighted by Crippen LogP contribution is -2.23. The Morgan fingerprint density at radius 2 is 2.33 bits per heavy atom. The minimum Gasteiger partial charge on any atom is -0.465 e. The molecule has 1 heterocycles. The molecule has 0 saturated heterocycles. The van der Waals surface area contributed by atoms with E-state index in [1.54, 1.807) is 12.3 Å². The maximum absolute atomic E-state index is 11.7. The Hall–Kier alpha value is -1.09. The number of hydrogen-bond acceptors (Lipinski definition) is 3. The molecule has 1 aliphatic carbocycles. The first-order valence-corrected chi connectivity index (χ1v) is 5.36. The molecule has 0 radical (unpaired) electrons. The number of esters is 1. The second kappa shape index (κ2) is 3.81. The van der Waals surface area contributed by atoms with Crippen molar-refractivity contribution in [2.75, 3.05) is 6.61 Å². The van der Waals surface area contributed by atoms with Crippen LogP contribution in [0.5, 0.6) is 0 Å². The van der Waals surface area contributed by atoms with Gasteiger partial charge in [-0.15, -0.1) is 0 Å². The molecule has 0 atom stereocenters. The third kappa shape index (κ3) is 1.84. The van der Waals surface area contributed by atoms with Gasteiger partial charge < -0.3 is 4.74 Å². The highest BCUT2D eigenvalue weighted by Crippen LogP contribution is 2.49. The fourth-order valence-electron chi connectivity index (χ4n) is 1.66. The van der Waals surface area contributed by atoms with Crippen molar-refractivity contribution in [1.82, 2.24) is 4.98 Å². The van der Waals surface area contributed by atoms with Crippen molar-refractivity contribution in [2.24, 2.45) is 0 Å². The molecule has 0 N–H and O–H groups in total. The minimum absolute atomic E-state index is 0.144. The summed E-state index contributed by atoms with van der Waals surface area (Å²) >= 11 is 5.70. The van der Waals surface area contributed by atoms with Gasteiger partial charge in [0.2, 0.25) is 0 Å². The first kappa shape index (κ1) is 10.4. The Morgan fingerprint density at radius 1 is 1.60 bits per heavy atom. The van der Waals surface area contributed by atoms with Gasteiger partial charge in [0.1, 0.15) is 5.15 Å². The Labute approximate surface area is 93.4 Å². The van der Waals surface area contributed by atoms with Gasteiger partial charge in [-0.1, -0.05) is 17.7 Å². The van der Waals surface area contributed by atoms with E-state index in [-0.39, 0.29) is 5.97 Å². The zero-order valence-corrected chi connectivity index (χ0v) is 9.25. The topological polar surface area (TPSA) is 39.2 Å². The summed E-state index contributed by atoms with van der Waals surface area (Å²) in [6.07, 6.45) is 3.34. The summed E-state index contributed by atoms with van der Waals surface area (Å²) in [6, 6.07) is 3.55. The normalized spacial score (nSPS) is 17.2. The molecular weight excluding hydrogens is 214 g/mol. The van der Waals surface area contributed by atoms with Crippen molar-refractivity contribution in [2.45, 2.75) is 25.2 Å². The van der Waals surface area contributed by atoms with Crippen LogP contribution >= 0.6 is 11.6 Å². The van der Waals surface area contributed by atoms with E-state index in [0.717, 1.165) is 18.4 Å². The zero-order valence-electron chi connectivity index (χ0n) is 8.50. The lowest BCUT2D eigenvalue weighted by Gasteiger charge is -2.13. The summed E-state index contributed by atoms with van der Waals surface area (Å²) in [6.45, 7) is 2.23. The molecule has 0 spiro atoms. The van der Waals surface area contributed by atoms with E-state index >= 15 is 0 Å². The number of rotatable bonds is 3. The monoisotopic (exact) mass is 225 g/mol. The molecule has 1 saturated carbocycles. The average Bonchev–Trinajstić information content (AvgIpc) is 3.00. The van der Waals surface area contributed by atoms with E-state index in [9.17, 15) is 4.79 Å². The third-order valence-corrected chi connectivity index (χ3v) is 2.92. The maximum atomic E-state index is 11.7. The van der Waals surface area contributed by atoms with Crippen LogP contribution in [0.25, 0.3) is 0 Å². The molecule has 1 aromatic rings. The molecular formula is C11H12ClNO2. The number of carbonyl (C=O) groups excluding carboxylic acids is 1. The fraction of sp³-hybridized carbons (Fsp3) is 0.455. The molecule has 80 valence electrons. The Kier molecular flexibility index (Phi) is 2.65. The van der Waals surface area contributed by atoms with E-state index in [0.29, 0.717) is 11.8 Å². The van der Waals surface area contributed by atoms with Crippen molar-refractivity contribution >= 4 is 17.6 Å². The first-order valence-electron chi connectivity index (χ1n) is 4.98. The Balaban J connectivity index is 2.22. The SMILES string of the molecule is CCOC(=O)C1(c2ccc(Cl)nc2)CC1. The number of halogens is 1. The van der Waals surface area contributed by atoms with Crippen LogP contribution in [-0.4, -0.2) is 17.6 Å². The maximum Gasteiger partial charge on any atom is 0.316 e. The standard InChI is InChI=1S/C11H12ClNO2/c1-2-15-10(14)11(5-6-11)8-3-4-9(12)13-7-8/h3-4,7H,2,5-6H2,1H3. The van der Waals surface area contributed by atoms with Crippen molar-refractivity contribution in [3.05, 3.63) is 29.0 Å². The van der Waals surface area contributed by atoms with Crippen LogP contribution in [0.1, 0.15) is 25.3 Å². The quantitative estimate of drug-likeness (QED) is 0.586. The fourth-order valence-corrected chi connectivity index (χ4v) is 1.78. The van der Waals surface area contributed by atoms with E-state index in [2.05, 4.69) is 4.98 Å². The van der Waals surface area contributed by atoms with Gasteiger partial charge in [-0.2, -0.15) is 0 Å². The molecule has 0 aliphatic heterocycles. The van der Waals surface area contributed by atoms with Gasteiger partial charge in [0.05, 0.1) is 12.0 Å². The highest BCUT2D eigenvalue weighted by atomic mass is 35.5. The number of pyridine rings is 1. The highest BCUT2D eigenvalue weighted by Gasteiger charge is 2.52. The number of carbonyl (C=O) groups is 1. The summed E-state index contributed by atoms with van der Waals surface area (Å²) < 4.78 is 5.05. The van der Waals surface area contributed by atoms with Crippen LogP contribution in [-0.2, 0) is 14.9 Å². The molecule has 4 heteroatoms. The van der Waals surface area contributed by atoms with Gasteiger partial charge in [-0.05, 0) is 31.4 Å². The minimum atomic E-state index is -0.437. The van der Waals surface area contributed by atoms with Crippen molar-refractivity contribution in [1.29, 1.82) is 0 Å². The van der Waals surface area contributed by atoms with E-state index in [1.807, 2.05) is 13.0 Å². The Morgan fingerprint density at radius 3 is 2.80 bits per heavy atom. The van der Waals surface area contributed by atoms with Crippen LogP contribution in [0.15, 0.2) is 18.3 Å². The summed E-state index contributed by atoms with van der Waals surface area (Å²) in [5.74, 6) is -0.144. The third-order valence-electron chi connectivity index (χ3n) is 2.70. The van der Waals surface area contributed by atoms with Crippen LogP contribution in [0.3, 0.4) is 0 Å². The van der Waals surface area contributed by atoms with E-state index in [4.69, 9.17) is 16.3 Å².